The molecule has 0 saturated carbocycles. The van der Waals surface area contributed by atoms with Gasteiger partial charge >= 0.3 is 5.97 Å². The van der Waals surface area contributed by atoms with E-state index < -0.39 is 5.97 Å². The minimum absolute atomic E-state index is 0.0175. The molecule has 3 rings (SSSR count). The molecule has 5 nitrogen and oxygen atoms in total. The quantitative estimate of drug-likeness (QED) is 0.879. The van der Waals surface area contributed by atoms with E-state index in [-0.39, 0.29) is 11.4 Å². The normalized spacial score (nSPS) is 15.5. The van der Waals surface area contributed by atoms with Crippen LogP contribution < -0.4 is 4.90 Å². The summed E-state index contributed by atoms with van der Waals surface area (Å²) in [5, 5.41) is 19.9. The second kappa shape index (κ2) is 5.00. The van der Waals surface area contributed by atoms with E-state index in [9.17, 15) is 15.0 Å². The summed E-state index contributed by atoms with van der Waals surface area (Å²) in [6.45, 7) is 1.82. The maximum absolute atomic E-state index is 11.2. The number of nitrogens with zero attached hydrogens (tertiary/aromatic N) is 2. The Morgan fingerprint density at radius 3 is 2.65 bits per heavy atom. The predicted octanol–water partition coefficient (Wildman–Crippen LogP) is 2.63. The monoisotopic (exact) mass is 272 g/mol. The molecule has 0 unspecified atom stereocenters. The Balaban J connectivity index is 2.22. The highest BCUT2D eigenvalue weighted by Crippen LogP contribution is 2.33. The largest absolute Gasteiger partial charge is 0.506 e. The number of carboxylic acid groups (broad SMARTS) is 1. The number of piperidine rings is 1. The third kappa shape index (κ3) is 2.15. The van der Waals surface area contributed by atoms with Gasteiger partial charge in [-0.1, -0.05) is 12.1 Å². The number of anilines is 1. The maximum atomic E-state index is 11.2. The molecule has 1 fully saturated rings. The van der Waals surface area contributed by atoms with Gasteiger partial charge in [-0.3, -0.25) is 0 Å². The molecule has 0 radical (unpaired) electrons. The number of hydrogen-bond donors (Lipinski definition) is 2. The molecule has 0 spiro atoms. The van der Waals surface area contributed by atoms with Crippen LogP contribution in [0.15, 0.2) is 24.3 Å². The van der Waals surface area contributed by atoms with E-state index in [4.69, 9.17) is 0 Å². The van der Waals surface area contributed by atoms with E-state index in [2.05, 4.69) is 9.88 Å². The molecule has 2 heterocycles. The molecule has 2 N–H and O–H groups in total. The number of phenols is 1. The average Bonchev–Trinajstić information content (AvgIpc) is 2.47. The molecule has 1 aliphatic heterocycles. The van der Waals surface area contributed by atoms with Gasteiger partial charge in [-0.25, -0.2) is 9.78 Å². The summed E-state index contributed by atoms with van der Waals surface area (Å²) < 4.78 is 0. The van der Waals surface area contributed by atoms with Gasteiger partial charge in [0.1, 0.15) is 11.3 Å². The zero-order chi connectivity index (χ0) is 14.1. The standard InChI is InChI=1S/C15H16N2O3/c18-13-6-4-5-10-12(17-7-2-1-3-8-17)9-11(15(19)20)16-14(10)13/h4-6,9,18H,1-3,7-8H2,(H,19,20). The van der Waals surface area contributed by atoms with Gasteiger partial charge in [-0.15, -0.1) is 0 Å². The van der Waals surface area contributed by atoms with E-state index in [1.165, 1.54) is 12.5 Å². The number of fused-ring (bicyclic) bond motifs is 1. The van der Waals surface area contributed by atoms with Gasteiger partial charge in [0.05, 0.1) is 0 Å². The number of aromatic nitrogens is 1. The minimum Gasteiger partial charge on any atom is -0.506 e. The van der Waals surface area contributed by atoms with Crippen molar-refractivity contribution in [1.29, 1.82) is 0 Å². The lowest BCUT2D eigenvalue weighted by molar-refractivity contribution is 0.0691. The SMILES string of the molecule is O=C(O)c1cc(N2CCCCC2)c2cccc(O)c2n1. The van der Waals surface area contributed by atoms with E-state index >= 15 is 0 Å². The first-order valence-corrected chi connectivity index (χ1v) is 6.78. The molecule has 0 amide bonds. The number of carbonyl (C=O) groups is 1. The number of pyridine rings is 1. The molecular weight excluding hydrogens is 256 g/mol. The lowest BCUT2D eigenvalue weighted by Crippen LogP contribution is -2.29. The molecule has 1 aromatic carbocycles. The molecule has 20 heavy (non-hydrogen) atoms. The summed E-state index contributed by atoms with van der Waals surface area (Å²) in [7, 11) is 0. The lowest BCUT2D eigenvalue weighted by Gasteiger charge is -2.30. The molecule has 5 heteroatoms. The highest BCUT2D eigenvalue weighted by atomic mass is 16.4. The summed E-state index contributed by atoms with van der Waals surface area (Å²) in [5.41, 5.74) is 1.18. The number of aromatic hydroxyl groups is 1. The Morgan fingerprint density at radius 1 is 1.20 bits per heavy atom. The zero-order valence-electron chi connectivity index (χ0n) is 11.0. The van der Waals surface area contributed by atoms with Crippen LogP contribution in [-0.2, 0) is 0 Å². The van der Waals surface area contributed by atoms with Crippen molar-refractivity contribution in [2.45, 2.75) is 19.3 Å². The molecule has 1 aromatic heterocycles. The molecule has 104 valence electrons. The van der Waals surface area contributed by atoms with Gasteiger partial charge in [-0.05, 0) is 31.4 Å². The van der Waals surface area contributed by atoms with Gasteiger partial charge in [0, 0.05) is 24.2 Å². The predicted molar refractivity (Wildman–Crippen MR) is 76.4 cm³/mol. The molecule has 1 aliphatic rings. The summed E-state index contributed by atoms with van der Waals surface area (Å²) in [5.74, 6) is -1.06. The highest BCUT2D eigenvalue weighted by molar-refractivity contribution is 5.99. The van der Waals surface area contributed by atoms with Crippen LogP contribution in [0.5, 0.6) is 5.75 Å². The number of benzene rings is 1. The van der Waals surface area contributed by atoms with E-state index in [1.54, 1.807) is 12.1 Å². The van der Waals surface area contributed by atoms with Crippen LogP contribution >= 0.6 is 0 Å². The van der Waals surface area contributed by atoms with Crippen molar-refractivity contribution in [2.75, 3.05) is 18.0 Å². The Kier molecular flexibility index (Phi) is 3.18. The van der Waals surface area contributed by atoms with Crippen molar-refractivity contribution < 1.29 is 15.0 Å². The van der Waals surface area contributed by atoms with E-state index in [1.807, 2.05) is 6.07 Å². The fraction of sp³-hybridized carbons (Fsp3) is 0.333. The molecule has 0 bridgehead atoms. The summed E-state index contributed by atoms with van der Waals surface area (Å²) in [4.78, 5) is 17.5. The van der Waals surface area contributed by atoms with Crippen molar-refractivity contribution in [1.82, 2.24) is 4.98 Å². The average molecular weight is 272 g/mol. The van der Waals surface area contributed by atoms with E-state index in [0.29, 0.717) is 5.52 Å². The number of hydrogen-bond acceptors (Lipinski definition) is 4. The van der Waals surface area contributed by atoms with Crippen molar-refractivity contribution >= 4 is 22.6 Å². The zero-order valence-corrected chi connectivity index (χ0v) is 11.0. The smallest absolute Gasteiger partial charge is 0.354 e. The molecule has 1 saturated heterocycles. The first-order valence-electron chi connectivity index (χ1n) is 6.78. The number of para-hydroxylation sites is 1. The second-order valence-electron chi connectivity index (χ2n) is 5.05. The summed E-state index contributed by atoms with van der Waals surface area (Å²) >= 11 is 0. The second-order valence-corrected chi connectivity index (χ2v) is 5.05. The van der Waals surface area contributed by atoms with Crippen molar-refractivity contribution in [3.05, 3.63) is 30.0 Å². The number of carboxylic acids is 1. The topological polar surface area (TPSA) is 73.7 Å². The van der Waals surface area contributed by atoms with Crippen LogP contribution in [0.2, 0.25) is 0 Å². The molecule has 2 aromatic rings. The van der Waals surface area contributed by atoms with Crippen molar-refractivity contribution in [3.63, 3.8) is 0 Å². The Hall–Kier alpha value is -2.30. The van der Waals surface area contributed by atoms with Crippen molar-refractivity contribution in [3.8, 4) is 5.75 Å². The van der Waals surface area contributed by atoms with Gasteiger partial charge in [-0.2, -0.15) is 0 Å². The summed E-state index contributed by atoms with van der Waals surface area (Å²) in [6, 6.07) is 6.77. The molecule has 0 atom stereocenters. The van der Waals surface area contributed by atoms with Gasteiger partial charge in [0.15, 0.2) is 5.69 Å². The molecular formula is C15H16N2O3. The summed E-state index contributed by atoms with van der Waals surface area (Å²) in [6.07, 6.45) is 3.41. The van der Waals surface area contributed by atoms with Gasteiger partial charge in [0.2, 0.25) is 0 Å². The van der Waals surface area contributed by atoms with Crippen LogP contribution in [0.1, 0.15) is 29.8 Å². The van der Waals surface area contributed by atoms with E-state index in [0.717, 1.165) is 37.0 Å². The fourth-order valence-corrected chi connectivity index (χ4v) is 2.72. The van der Waals surface area contributed by atoms with Crippen LogP contribution in [0, 0.1) is 0 Å². The van der Waals surface area contributed by atoms with Gasteiger partial charge in [0.25, 0.3) is 0 Å². The number of phenolic OH excluding ortho intramolecular Hbond substituents is 1. The highest BCUT2D eigenvalue weighted by Gasteiger charge is 2.18. The fourth-order valence-electron chi connectivity index (χ4n) is 2.72. The van der Waals surface area contributed by atoms with Crippen LogP contribution in [0.4, 0.5) is 5.69 Å². The Labute approximate surface area is 116 Å². The van der Waals surface area contributed by atoms with Gasteiger partial charge < -0.3 is 15.1 Å². The Bertz CT molecular complexity index is 663. The third-order valence-corrected chi connectivity index (χ3v) is 3.71. The molecule has 0 aliphatic carbocycles. The Morgan fingerprint density at radius 2 is 1.95 bits per heavy atom. The third-order valence-electron chi connectivity index (χ3n) is 3.71. The van der Waals surface area contributed by atoms with Crippen LogP contribution in [0.25, 0.3) is 10.9 Å². The van der Waals surface area contributed by atoms with Crippen LogP contribution in [-0.4, -0.2) is 34.3 Å². The number of aromatic carboxylic acids is 1. The van der Waals surface area contributed by atoms with Crippen LogP contribution in [0.3, 0.4) is 0 Å². The maximum Gasteiger partial charge on any atom is 0.354 e. The first-order chi connectivity index (χ1) is 9.66. The first kappa shape index (κ1) is 12.7. The lowest BCUT2D eigenvalue weighted by atomic mass is 10.1. The minimum atomic E-state index is -1.08. The van der Waals surface area contributed by atoms with Crippen molar-refractivity contribution in [2.24, 2.45) is 0 Å². The number of rotatable bonds is 2.